The van der Waals surface area contributed by atoms with E-state index in [4.69, 9.17) is 0 Å². The van der Waals surface area contributed by atoms with Gasteiger partial charge in [0.15, 0.2) is 0 Å². The third kappa shape index (κ3) is 1.96. The number of benzene rings is 1. The Kier molecular flexibility index (Phi) is 2.84. The van der Waals surface area contributed by atoms with E-state index in [1.54, 1.807) is 12.4 Å². The number of aryl methyl sites for hydroxylation is 1. The maximum Gasteiger partial charge on any atom is 0.278 e. The molecule has 2 aromatic rings. The molecule has 1 aromatic heterocycles. The molecule has 1 aromatic carbocycles. The fourth-order valence-electron chi connectivity index (χ4n) is 3.26. The van der Waals surface area contributed by atoms with Crippen molar-refractivity contribution in [2.24, 2.45) is 0 Å². The molecule has 0 aliphatic carbocycles. The maximum absolute atomic E-state index is 12.7. The molecule has 5 nitrogen and oxygen atoms in total. The number of rotatable bonds is 1. The first-order chi connectivity index (χ1) is 10.3. The molecule has 21 heavy (non-hydrogen) atoms. The topological polar surface area (TPSA) is 49.3 Å². The van der Waals surface area contributed by atoms with Crippen LogP contribution in [0, 0.1) is 0 Å². The van der Waals surface area contributed by atoms with Crippen molar-refractivity contribution < 1.29 is 4.79 Å². The number of nitrogens with zero attached hydrogens (tertiary/aromatic N) is 4. The standard InChI is InChI=1S/C16H16N4O/c21-16(13-11-17-6-7-18-13)20-10-9-19-8-2-4-12-3-1-5-14(20)15(12)19/h1,3,5-7,11H,2,4,8-10H2. The summed E-state index contributed by atoms with van der Waals surface area (Å²) in [4.78, 5) is 25.1. The molecule has 0 unspecified atom stereocenters. The largest absolute Gasteiger partial charge is 0.368 e. The number of para-hydroxylation sites is 1. The zero-order valence-corrected chi connectivity index (χ0v) is 11.7. The predicted molar refractivity (Wildman–Crippen MR) is 80.7 cm³/mol. The van der Waals surface area contributed by atoms with Gasteiger partial charge in [-0.25, -0.2) is 4.98 Å². The van der Waals surface area contributed by atoms with Crippen molar-refractivity contribution in [2.75, 3.05) is 29.4 Å². The summed E-state index contributed by atoms with van der Waals surface area (Å²) >= 11 is 0. The molecule has 2 aliphatic heterocycles. The lowest BCUT2D eigenvalue weighted by Crippen LogP contribution is -2.46. The monoisotopic (exact) mass is 280 g/mol. The second-order valence-electron chi connectivity index (χ2n) is 5.42. The van der Waals surface area contributed by atoms with Crippen LogP contribution in [0.3, 0.4) is 0 Å². The Morgan fingerprint density at radius 1 is 1.14 bits per heavy atom. The van der Waals surface area contributed by atoms with E-state index in [1.807, 2.05) is 17.0 Å². The van der Waals surface area contributed by atoms with Gasteiger partial charge >= 0.3 is 0 Å². The van der Waals surface area contributed by atoms with Crippen molar-refractivity contribution in [3.05, 3.63) is 48.0 Å². The average Bonchev–Trinajstić information content (AvgIpc) is 2.56. The zero-order chi connectivity index (χ0) is 14.2. The highest BCUT2D eigenvalue weighted by molar-refractivity contribution is 6.07. The Balaban J connectivity index is 1.77. The van der Waals surface area contributed by atoms with Crippen LogP contribution in [0.4, 0.5) is 11.4 Å². The minimum Gasteiger partial charge on any atom is -0.368 e. The van der Waals surface area contributed by atoms with Gasteiger partial charge in [-0.05, 0) is 24.5 Å². The van der Waals surface area contributed by atoms with Gasteiger partial charge in [0, 0.05) is 32.0 Å². The van der Waals surface area contributed by atoms with Gasteiger partial charge in [0.05, 0.1) is 17.6 Å². The molecular formula is C16H16N4O. The van der Waals surface area contributed by atoms with Gasteiger partial charge in [0.2, 0.25) is 0 Å². The number of hydrogen-bond donors (Lipinski definition) is 0. The van der Waals surface area contributed by atoms with Crippen LogP contribution in [0.15, 0.2) is 36.8 Å². The average molecular weight is 280 g/mol. The normalized spacial score (nSPS) is 16.6. The minimum absolute atomic E-state index is 0.0678. The number of aromatic nitrogens is 2. The van der Waals surface area contributed by atoms with E-state index in [-0.39, 0.29) is 5.91 Å². The molecule has 0 saturated carbocycles. The van der Waals surface area contributed by atoms with Gasteiger partial charge in [-0.2, -0.15) is 0 Å². The Morgan fingerprint density at radius 3 is 2.95 bits per heavy atom. The van der Waals surface area contributed by atoms with Crippen LogP contribution < -0.4 is 9.80 Å². The number of hydrogen-bond acceptors (Lipinski definition) is 4. The third-order valence-corrected chi connectivity index (χ3v) is 4.20. The van der Waals surface area contributed by atoms with Crippen molar-refractivity contribution in [3.8, 4) is 0 Å². The van der Waals surface area contributed by atoms with Gasteiger partial charge in [-0.1, -0.05) is 12.1 Å². The highest BCUT2D eigenvalue weighted by Gasteiger charge is 2.31. The van der Waals surface area contributed by atoms with Crippen LogP contribution >= 0.6 is 0 Å². The van der Waals surface area contributed by atoms with Crippen LogP contribution in [-0.4, -0.2) is 35.5 Å². The summed E-state index contributed by atoms with van der Waals surface area (Å²) < 4.78 is 0. The van der Waals surface area contributed by atoms with E-state index in [2.05, 4.69) is 20.9 Å². The summed E-state index contributed by atoms with van der Waals surface area (Å²) in [7, 11) is 0. The number of anilines is 2. The lowest BCUT2D eigenvalue weighted by Gasteiger charge is -2.41. The van der Waals surface area contributed by atoms with Crippen molar-refractivity contribution in [1.29, 1.82) is 0 Å². The van der Waals surface area contributed by atoms with Crippen LogP contribution in [0.25, 0.3) is 0 Å². The van der Waals surface area contributed by atoms with Crippen LogP contribution in [0.1, 0.15) is 22.5 Å². The molecule has 4 rings (SSSR count). The molecule has 0 bridgehead atoms. The second kappa shape index (κ2) is 4.84. The maximum atomic E-state index is 12.7. The highest BCUT2D eigenvalue weighted by atomic mass is 16.2. The number of carbonyl (C=O) groups is 1. The molecule has 0 atom stereocenters. The summed E-state index contributed by atoms with van der Waals surface area (Å²) in [5, 5.41) is 0. The predicted octanol–water partition coefficient (Wildman–Crippen LogP) is 1.89. The molecule has 0 N–H and O–H groups in total. The Morgan fingerprint density at radius 2 is 2.10 bits per heavy atom. The van der Waals surface area contributed by atoms with Crippen molar-refractivity contribution in [3.63, 3.8) is 0 Å². The van der Waals surface area contributed by atoms with Crippen LogP contribution in [-0.2, 0) is 6.42 Å². The molecule has 106 valence electrons. The summed E-state index contributed by atoms with van der Waals surface area (Å²) in [5.41, 5.74) is 3.98. The molecular weight excluding hydrogens is 264 g/mol. The summed E-state index contributed by atoms with van der Waals surface area (Å²) in [6.07, 6.45) is 6.95. The van der Waals surface area contributed by atoms with E-state index >= 15 is 0 Å². The highest BCUT2D eigenvalue weighted by Crippen LogP contribution is 2.39. The SMILES string of the molecule is O=C(c1cnccn1)N1CCN2CCCc3cccc1c32. The third-order valence-electron chi connectivity index (χ3n) is 4.20. The van der Waals surface area contributed by atoms with Crippen molar-refractivity contribution >= 4 is 17.3 Å². The fourth-order valence-corrected chi connectivity index (χ4v) is 3.26. The van der Waals surface area contributed by atoms with Crippen molar-refractivity contribution in [1.82, 2.24) is 9.97 Å². The van der Waals surface area contributed by atoms with E-state index in [0.29, 0.717) is 12.2 Å². The first-order valence-electron chi connectivity index (χ1n) is 7.29. The minimum atomic E-state index is -0.0678. The molecule has 0 saturated heterocycles. The Labute approximate surface area is 123 Å². The first-order valence-corrected chi connectivity index (χ1v) is 7.29. The van der Waals surface area contributed by atoms with E-state index in [9.17, 15) is 4.79 Å². The van der Waals surface area contributed by atoms with E-state index in [0.717, 1.165) is 25.2 Å². The first kappa shape index (κ1) is 12.3. The number of carbonyl (C=O) groups excluding carboxylic acids is 1. The number of amides is 1. The molecule has 2 aliphatic rings. The Bertz CT molecular complexity index is 686. The molecule has 0 radical (unpaired) electrons. The second-order valence-corrected chi connectivity index (χ2v) is 5.42. The molecule has 3 heterocycles. The smallest absolute Gasteiger partial charge is 0.278 e. The van der Waals surface area contributed by atoms with Crippen LogP contribution in [0.2, 0.25) is 0 Å². The lowest BCUT2D eigenvalue weighted by atomic mass is 9.98. The van der Waals surface area contributed by atoms with E-state index in [1.165, 1.54) is 23.9 Å². The molecule has 1 amide bonds. The zero-order valence-electron chi connectivity index (χ0n) is 11.7. The van der Waals surface area contributed by atoms with Gasteiger partial charge in [-0.3, -0.25) is 9.78 Å². The Hall–Kier alpha value is -2.43. The summed E-state index contributed by atoms with van der Waals surface area (Å²) in [6, 6.07) is 6.24. The van der Waals surface area contributed by atoms with Crippen molar-refractivity contribution in [2.45, 2.75) is 12.8 Å². The molecule has 5 heteroatoms. The van der Waals surface area contributed by atoms with Gasteiger partial charge in [0.25, 0.3) is 5.91 Å². The van der Waals surface area contributed by atoms with Gasteiger partial charge < -0.3 is 9.80 Å². The van der Waals surface area contributed by atoms with Crippen LogP contribution in [0.5, 0.6) is 0 Å². The fraction of sp³-hybridized carbons (Fsp3) is 0.312. The van der Waals surface area contributed by atoms with E-state index < -0.39 is 0 Å². The molecule has 0 spiro atoms. The summed E-state index contributed by atoms with van der Waals surface area (Å²) in [6.45, 7) is 2.67. The molecule has 0 fully saturated rings. The lowest BCUT2D eigenvalue weighted by molar-refractivity contribution is 0.0981. The van der Waals surface area contributed by atoms with Gasteiger partial charge in [0.1, 0.15) is 5.69 Å². The summed E-state index contributed by atoms with van der Waals surface area (Å²) in [5.74, 6) is -0.0678. The van der Waals surface area contributed by atoms with Gasteiger partial charge in [-0.15, -0.1) is 0 Å². The quantitative estimate of drug-likeness (QED) is 0.800.